The summed E-state index contributed by atoms with van der Waals surface area (Å²) in [5.41, 5.74) is 3.02. The van der Waals surface area contributed by atoms with Gasteiger partial charge in [0, 0.05) is 23.6 Å². The number of anilines is 1. The molecule has 0 amide bonds. The van der Waals surface area contributed by atoms with E-state index in [2.05, 4.69) is 24.0 Å². The van der Waals surface area contributed by atoms with Crippen LogP contribution in [-0.2, 0) is 10.0 Å². The highest BCUT2D eigenvalue weighted by molar-refractivity contribution is 7.92. The summed E-state index contributed by atoms with van der Waals surface area (Å²) >= 11 is 0. The normalized spacial score (nSPS) is 14.2. The van der Waals surface area contributed by atoms with Crippen molar-refractivity contribution in [3.8, 4) is 22.7 Å². The zero-order valence-electron chi connectivity index (χ0n) is 19.7. The molecular formula is C25H26FN3O5S. The average molecular weight is 500 g/mol. The second kappa shape index (κ2) is 8.67. The lowest BCUT2D eigenvalue weighted by molar-refractivity contribution is 0.388. The minimum absolute atomic E-state index is 0.183. The van der Waals surface area contributed by atoms with Crippen molar-refractivity contribution < 1.29 is 21.7 Å². The van der Waals surface area contributed by atoms with Crippen LogP contribution in [0, 0.1) is 11.7 Å². The van der Waals surface area contributed by atoms with Crippen molar-refractivity contribution in [3.63, 3.8) is 0 Å². The lowest BCUT2D eigenvalue weighted by Gasteiger charge is -2.26. The largest absolute Gasteiger partial charge is 0.455 e. The molecule has 1 aliphatic carbocycles. The van der Waals surface area contributed by atoms with Crippen molar-refractivity contribution in [3.05, 3.63) is 58.3 Å². The number of furan rings is 1. The van der Waals surface area contributed by atoms with Gasteiger partial charge in [-0.25, -0.2) is 17.6 Å². The molecule has 0 radical (unpaired) electrons. The van der Waals surface area contributed by atoms with E-state index in [9.17, 15) is 17.6 Å². The van der Waals surface area contributed by atoms with Gasteiger partial charge in [-0.15, -0.1) is 0 Å². The molecule has 1 saturated carbocycles. The van der Waals surface area contributed by atoms with Crippen molar-refractivity contribution in [2.24, 2.45) is 5.92 Å². The van der Waals surface area contributed by atoms with Crippen molar-refractivity contribution in [2.75, 3.05) is 17.1 Å². The number of aromatic amines is 1. The fraction of sp³-hybridized carbons (Fsp3) is 0.360. The molecule has 35 heavy (non-hydrogen) atoms. The van der Waals surface area contributed by atoms with E-state index in [-0.39, 0.29) is 11.7 Å². The molecule has 2 aromatic heterocycles. The third kappa shape index (κ3) is 4.62. The van der Waals surface area contributed by atoms with Crippen molar-refractivity contribution in [1.29, 1.82) is 0 Å². The van der Waals surface area contributed by atoms with Gasteiger partial charge < -0.3 is 4.42 Å². The zero-order chi connectivity index (χ0) is 24.9. The second-order valence-corrected chi connectivity index (χ2v) is 11.4. The number of nitrogens with zero attached hydrogens (tertiary/aromatic N) is 2. The van der Waals surface area contributed by atoms with Crippen molar-refractivity contribution in [1.82, 2.24) is 10.1 Å². The number of H-pyrrole nitrogens is 1. The van der Waals surface area contributed by atoms with Crippen molar-refractivity contribution in [2.45, 2.75) is 39.0 Å². The summed E-state index contributed by atoms with van der Waals surface area (Å²) in [5, 5.41) is 4.53. The van der Waals surface area contributed by atoms with E-state index in [0.29, 0.717) is 52.4 Å². The van der Waals surface area contributed by atoms with E-state index in [1.54, 1.807) is 18.2 Å². The lowest BCUT2D eigenvalue weighted by atomic mass is 10.00. The quantitative estimate of drug-likeness (QED) is 0.354. The number of rotatable bonds is 8. The summed E-state index contributed by atoms with van der Waals surface area (Å²) in [6.45, 7) is 4.46. The molecule has 1 aliphatic rings. The van der Waals surface area contributed by atoms with Gasteiger partial charge in [-0.1, -0.05) is 19.0 Å². The summed E-state index contributed by atoms with van der Waals surface area (Å²) < 4.78 is 51.7. The highest BCUT2D eigenvalue weighted by atomic mass is 32.2. The van der Waals surface area contributed by atoms with Gasteiger partial charge in [0.05, 0.1) is 17.5 Å². The molecule has 1 fully saturated rings. The van der Waals surface area contributed by atoms with Gasteiger partial charge in [0.15, 0.2) is 5.82 Å². The average Bonchev–Trinajstić information content (AvgIpc) is 3.44. The van der Waals surface area contributed by atoms with Crippen LogP contribution in [0.1, 0.15) is 44.6 Å². The highest BCUT2D eigenvalue weighted by Gasteiger charge is 2.33. The Morgan fingerprint density at radius 1 is 1.20 bits per heavy atom. The van der Waals surface area contributed by atoms with Gasteiger partial charge in [-0.05, 0) is 67.0 Å². The molecule has 0 bridgehead atoms. The number of hydrogen-bond donors (Lipinski definition) is 1. The summed E-state index contributed by atoms with van der Waals surface area (Å²) in [7, 11) is -3.54. The van der Waals surface area contributed by atoms with Gasteiger partial charge in [0.25, 0.3) is 0 Å². The van der Waals surface area contributed by atoms with Crippen LogP contribution in [-0.4, -0.2) is 31.4 Å². The van der Waals surface area contributed by atoms with Gasteiger partial charge in [-0.2, -0.15) is 0 Å². The first-order valence-corrected chi connectivity index (χ1v) is 13.4. The molecule has 1 N–H and O–H groups in total. The topological polar surface area (TPSA) is 109 Å². The van der Waals surface area contributed by atoms with Crippen molar-refractivity contribution >= 4 is 26.7 Å². The molecule has 0 aliphatic heterocycles. The Morgan fingerprint density at radius 2 is 1.91 bits per heavy atom. The number of aromatic nitrogens is 2. The number of nitrogens with one attached hydrogen (secondary N) is 1. The highest BCUT2D eigenvalue weighted by Crippen LogP contribution is 2.49. The second-order valence-electron chi connectivity index (χ2n) is 9.46. The Morgan fingerprint density at radius 3 is 2.49 bits per heavy atom. The molecule has 10 heteroatoms. The third-order valence-electron chi connectivity index (χ3n) is 6.22. The molecule has 0 saturated heterocycles. The van der Waals surface area contributed by atoms with Crippen LogP contribution < -0.4 is 10.1 Å². The fourth-order valence-electron chi connectivity index (χ4n) is 4.30. The van der Waals surface area contributed by atoms with E-state index in [0.717, 1.165) is 18.4 Å². The molecule has 2 heterocycles. The summed E-state index contributed by atoms with van der Waals surface area (Å²) in [6.07, 6.45) is 3.84. The first-order valence-electron chi connectivity index (χ1n) is 11.5. The van der Waals surface area contributed by atoms with E-state index < -0.39 is 21.6 Å². The van der Waals surface area contributed by atoms with Gasteiger partial charge in [0.1, 0.15) is 17.2 Å². The Kier molecular flexibility index (Phi) is 5.79. The predicted octanol–water partition coefficient (Wildman–Crippen LogP) is 5.27. The first-order chi connectivity index (χ1) is 16.6. The number of benzene rings is 2. The number of fused-ring (bicyclic) bond motifs is 1. The molecule has 8 nitrogen and oxygen atoms in total. The Balaban J connectivity index is 1.77. The van der Waals surface area contributed by atoms with Gasteiger partial charge in [-0.3, -0.25) is 13.8 Å². The lowest BCUT2D eigenvalue weighted by Crippen LogP contribution is -2.32. The molecular weight excluding hydrogens is 473 g/mol. The maximum atomic E-state index is 13.6. The molecule has 184 valence electrons. The summed E-state index contributed by atoms with van der Waals surface area (Å²) in [5.74, 6) is 0.00508. The molecule has 5 rings (SSSR count). The molecule has 0 unspecified atom stereocenters. The minimum atomic E-state index is -3.54. The van der Waals surface area contributed by atoms with E-state index in [1.807, 2.05) is 6.07 Å². The first kappa shape index (κ1) is 23.3. The van der Waals surface area contributed by atoms with Crippen LogP contribution in [0.15, 0.2) is 50.1 Å². The monoisotopic (exact) mass is 499 g/mol. The molecule has 0 atom stereocenters. The predicted molar refractivity (Wildman–Crippen MR) is 131 cm³/mol. The van der Waals surface area contributed by atoms with Crippen LogP contribution in [0.5, 0.6) is 0 Å². The number of halogens is 1. The maximum Gasteiger partial charge on any atom is 0.439 e. The van der Waals surface area contributed by atoms with Crippen LogP contribution in [0.4, 0.5) is 10.1 Å². The Bertz CT molecular complexity index is 1550. The van der Waals surface area contributed by atoms with E-state index >= 15 is 0 Å². The third-order valence-corrected chi connectivity index (χ3v) is 7.40. The Labute approximate surface area is 201 Å². The zero-order valence-corrected chi connectivity index (χ0v) is 20.5. The number of sulfonamides is 1. The van der Waals surface area contributed by atoms with Crippen LogP contribution in [0.2, 0.25) is 0 Å². The molecule has 0 spiro atoms. The summed E-state index contributed by atoms with van der Waals surface area (Å²) in [6, 6.07) is 9.45. The fourth-order valence-corrected chi connectivity index (χ4v) is 5.26. The molecule has 4 aromatic rings. The van der Waals surface area contributed by atoms with Crippen LogP contribution >= 0.6 is 0 Å². The maximum absolute atomic E-state index is 13.6. The van der Waals surface area contributed by atoms with E-state index in [1.165, 1.54) is 22.7 Å². The summed E-state index contributed by atoms with van der Waals surface area (Å²) in [4.78, 5) is 14.3. The van der Waals surface area contributed by atoms with Crippen LogP contribution in [0.25, 0.3) is 33.7 Å². The van der Waals surface area contributed by atoms with Crippen LogP contribution in [0.3, 0.4) is 0 Å². The van der Waals surface area contributed by atoms with Gasteiger partial charge >= 0.3 is 5.76 Å². The standard InChI is InChI=1S/C25H26FN3O5S/c1-14(2)10-11-29(35(3,31)32)20-13-21-19(12-18(20)15-4-5-15)22(24-27-25(30)34-28-24)23(33-21)16-6-8-17(26)9-7-16/h6-9,12-15H,4-5,10-11H2,1-3H3,(H,27,28,30). The minimum Gasteiger partial charge on any atom is -0.455 e. The number of hydrogen-bond acceptors (Lipinski definition) is 6. The molecule has 2 aromatic carbocycles. The van der Waals surface area contributed by atoms with Gasteiger partial charge in [0.2, 0.25) is 10.0 Å². The van der Waals surface area contributed by atoms with E-state index in [4.69, 9.17) is 8.94 Å². The smallest absolute Gasteiger partial charge is 0.439 e. The Hall–Kier alpha value is -3.40. The SMILES string of the molecule is CC(C)CCN(c1cc2oc(-c3ccc(F)cc3)c(-c3noc(=O)[nH]3)c2cc1C1CC1)S(C)(=O)=O.